The lowest BCUT2D eigenvalue weighted by molar-refractivity contribution is -0.150. The minimum absolute atomic E-state index is 0.420. The number of carbonyl (C=O) groups is 1. The van der Waals surface area contributed by atoms with Gasteiger partial charge in [-0.2, -0.15) is 0 Å². The van der Waals surface area contributed by atoms with Crippen LogP contribution in [0.15, 0.2) is 24.4 Å². The molecule has 0 radical (unpaired) electrons. The molecule has 1 N–H and O–H groups in total. The van der Waals surface area contributed by atoms with Crippen LogP contribution < -0.4 is 0 Å². The second-order valence-corrected chi connectivity index (χ2v) is 4.26. The molecule has 1 atom stereocenters. The lowest BCUT2D eigenvalue weighted by Crippen LogP contribution is -2.31. The first-order chi connectivity index (χ1) is 9.17. The summed E-state index contributed by atoms with van der Waals surface area (Å²) in [7, 11) is 0. The van der Waals surface area contributed by atoms with Crippen LogP contribution in [0, 0.1) is 0 Å². The summed E-state index contributed by atoms with van der Waals surface area (Å²) >= 11 is 0. The maximum absolute atomic E-state index is 11.0. The third kappa shape index (κ3) is 5.81. The number of carboxylic acids is 1. The summed E-state index contributed by atoms with van der Waals surface area (Å²) in [4.78, 5) is 17.4. The predicted molar refractivity (Wildman–Crippen MR) is 72.9 cm³/mol. The van der Waals surface area contributed by atoms with Crippen molar-refractivity contribution in [2.24, 2.45) is 0 Å². The van der Waals surface area contributed by atoms with Gasteiger partial charge in [-0.05, 0) is 32.0 Å². The van der Waals surface area contributed by atoms with Gasteiger partial charge in [0.25, 0.3) is 0 Å². The van der Waals surface area contributed by atoms with Crippen LogP contribution in [0.3, 0.4) is 0 Å². The van der Waals surface area contributed by atoms with Gasteiger partial charge in [-0.15, -0.1) is 0 Å². The maximum Gasteiger partial charge on any atom is 0.332 e. The Labute approximate surface area is 114 Å². The Bertz CT molecular complexity index is 370. The molecular weight excluding hydrogens is 244 g/mol. The van der Waals surface area contributed by atoms with Gasteiger partial charge in [0, 0.05) is 25.9 Å². The van der Waals surface area contributed by atoms with E-state index in [0.717, 1.165) is 18.8 Å². The highest BCUT2D eigenvalue weighted by atomic mass is 16.5. The van der Waals surface area contributed by atoms with Gasteiger partial charge in [0.2, 0.25) is 0 Å². The van der Waals surface area contributed by atoms with Crippen LogP contribution in [0.2, 0.25) is 0 Å². The van der Waals surface area contributed by atoms with Crippen LogP contribution in [0.4, 0.5) is 0 Å². The zero-order valence-electron chi connectivity index (χ0n) is 11.6. The van der Waals surface area contributed by atoms with Crippen molar-refractivity contribution >= 4 is 5.97 Å². The summed E-state index contributed by atoms with van der Waals surface area (Å²) < 4.78 is 5.21. The quantitative estimate of drug-likeness (QED) is 0.738. The summed E-state index contributed by atoms with van der Waals surface area (Å²) in [5.41, 5.74) is 0.993. The highest BCUT2D eigenvalue weighted by molar-refractivity contribution is 5.72. The third-order valence-electron chi connectivity index (χ3n) is 2.91. The van der Waals surface area contributed by atoms with Gasteiger partial charge in [-0.3, -0.25) is 9.88 Å². The molecule has 0 saturated carbocycles. The van der Waals surface area contributed by atoms with Crippen LogP contribution in [0.25, 0.3) is 0 Å². The lowest BCUT2D eigenvalue weighted by Gasteiger charge is -2.22. The summed E-state index contributed by atoms with van der Waals surface area (Å²) in [5, 5.41) is 9.02. The molecule has 1 rings (SSSR count). The molecule has 0 saturated heterocycles. The SMILES string of the molecule is CCOC(CCN(CC)Cc1ccccn1)C(=O)O. The summed E-state index contributed by atoms with van der Waals surface area (Å²) in [6, 6.07) is 5.81. The Kier molecular flexibility index (Phi) is 7.07. The van der Waals surface area contributed by atoms with E-state index in [1.807, 2.05) is 18.2 Å². The molecule has 0 bridgehead atoms. The largest absolute Gasteiger partial charge is 0.479 e. The Morgan fingerprint density at radius 3 is 2.79 bits per heavy atom. The number of aliphatic carboxylic acids is 1. The number of aromatic nitrogens is 1. The molecule has 5 heteroatoms. The maximum atomic E-state index is 11.0. The fraction of sp³-hybridized carbons (Fsp3) is 0.571. The predicted octanol–water partition coefficient (Wildman–Crippen LogP) is 1.78. The van der Waals surface area contributed by atoms with Crippen molar-refractivity contribution in [1.82, 2.24) is 9.88 Å². The Hall–Kier alpha value is -1.46. The average Bonchev–Trinajstić information content (AvgIpc) is 2.42. The van der Waals surface area contributed by atoms with Crippen molar-refractivity contribution in [2.75, 3.05) is 19.7 Å². The Morgan fingerprint density at radius 2 is 2.26 bits per heavy atom. The van der Waals surface area contributed by atoms with E-state index in [1.54, 1.807) is 13.1 Å². The van der Waals surface area contributed by atoms with E-state index < -0.39 is 12.1 Å². The molecule has 0 aliphatic heterocycles. The molecule has 1 heterocycles. The number of nitrogens with zero attached hydrogens (tertiary/aromatic N) is 2. The van der Waals surface area contributed by atoms with E-state index in [-0.39, 0.29) is 0 Å². The van der Waals surface area contributed by atoms with Crippen molar-refractivity contribution in [3.05, 3.63) is 30.1 Å². The summed E-state index contributed by atoms with van der Waals surface area (Å²) in [5.74, 6) is -0.893. The second-order valence-electron chi connectivity index (χ2n) is 4.26. The molecule has 0 spiro atoms. The standard InChI is InChI=1S/C14H22N2O3/c1-3-16(11-12-7-5-6-9-15-12)10-8-13(14(17)18)19-4-2/h5-7,9,13H,3-4,8,10-11H2,1-2H3,(H,17,18). The van der Waals surface area contributed by atoms with E-state index >= 15 is 0 Å². The third-order valence-corrected chi connectivity index (χ3v) is 2.91. The molecule has 1 aromatic rings. The molecule has 0 aromatic carbocycles. The van der Waals surface area contributed by atoms with Crippen LogP contribution in [-0.2, 0) is 16.1 Å². The number of hydrogen-bond acceptors (Lipinski definition) is 4. The van der Waals surface area contributed by atoms with Gasteiger partial charge in [0.05, 0.1) is 5.69 Å². The van der Waals surface area contributed by atoms with E-state index in [1.165, 1.54) is 0 Å². The van der Waals surface area contributed by atoms with Gasteiger partial charge in [0.15, 0.2) is 6.10 Å². The van der Waals surface area contributed by atoms with Gasteiger partial charge in [-0.1, -0.05) is 13.0 Å². The summed E-state index contributed by atoms with van der Waals surface area (Å²) in [6.07, 6.45) is 1.54. The molecule has 106 valence electrons. The van der Waals surface area contributed by atoms with E-state index in [2.05, 4.69) is 16.8 Å². The van der Waals surface area contributed by atoms with Crippen molar-refractivity contribution in [1.29, 1.82) is 0 Å². The Morgan fingerprint density at radius 1 is 1.47 bits per heavy atom. The first-order valence-electron chi connectivity index (χ1n) is 6.64. The second kappa shape index (κ2) is 8.61. The fourth-order valence-electron chi connectivity index (χ4n) is 1.85. The van der Waals surface area contributed by atoms with E-state index in [9.17, 15) is 4.79 Å². The lowest BCUT2D eigenvalue weighted by atomic mass is 10.2. The zero-order chi connectivity index (χ0) is 14.1. The highest BCUT2D eigenvalue weighted by Gasteiger charge is 2.18. The fourth-order valence-corrected chi connectivity index (χ4v) is 1.85. The topological polar surface area (TPSA) is 62.7 Å². The number of rotatable bonds is 9. The number of carboxylic acid groups (broad SMARTS) is 1. The van der Waals surface area contributed by atoms with Crippen molar-refractivity contribution in [2.45, 2.75) is 32.9 Å². The van der Waals surface area contributed by atoms with Crippen LogP contribution in [0.5, 0.6) is 0 Å². The minimum atomic E-state index is -0.893. The van der Waals surface area contributed by atoms with E-state index in [0.29, 0.717) is 19.6 Å². The molecule has 0 aliphatic carbocycles. The Balaban J connectivity index is 2.45. The number of pyridine rings is 1. The molecule has 5 nitrogen and oxygen atoms in total. The molecule has 0 aliphatic rings. The minimum Gasteiger partial charge on any atom is -0.479 e. The van der Waals surface area contributed by atoms with Gasteiger partial charge >= 0.3 is 5.97 Å². The van der Waals surface area contributed by atoms with Gasteiger partial charge < -0.3 is 9.84 Å². The average molecular weight is 266 g/mol. The van der Waals surface area contributed by atoms with Gasteiger partial charge in [-0.25, -0.2) is 4.79 Å². The molecule has 1 unspecified atom stereocenters. The first kappa shape index (κ1) is 15.6. The van der Waals surface area contributed by atoms with Crippen LogP contribution in [0.1, 0.15) is 26.0 Å². The normalized spacial score (nSPS) is 12.6. The zero-order valence-corrected chi connectivity index (χ0v) is 11.6. The van der Waals surface area contributed by atoms with Gasteiger partial charge in [0.1, 0.15) is 0 Å². The monoisotopic (exact) mass is 266 g/mol. The number of ether oxygens (including phenoxy) is 1. The number of hydrogen-bond donors (Lipinski definition) is 1. The molecule has 0 fully saturated rings. The first-order valence-corrected chi connectivity index (χ1v) is 6.64. The molecule has 19 heavy (non-hydrogen) atoms. The van der Waals surface area contributed by atoms with E-state index in [4.69, 9.17) is 9.84 Å². The van der Waals surface area contributed by atoms with Crippen molar-refractivity contribution < 1.29 is 14.6 Å². The highest BCUT2D eigenvalue weighted by Crippen LogP contribution is 2.05. The smallest absolute Gasteiger partial charge is 0.332 e. The van der Waals surface area contributed by atoms with Crippen LogP contribution >= 0.6 is 0 Å². The van der Waals surface area contributed by atoms with Crippen molar-refractivity contribution in [3.63, 3.8) is 0 Å². The molecule has 0 amide bonds. The summed E-state index contributed by atoms with van der Waals surface area (Å²) in [6.45, 7) is 6.55. The van der Waals surface area contributed by atoms with Crippen molar-refractivity contribution in [3.8, 4) is 0 Å². The molecule has 1 aromatic heterocycles. The molecular formula is C14H22N2O3. The van der Waals surface area contributed by atoms with Crippen LogP contribution in [-0.4, -0.2) is 46.8 Å².